The van der Waals surface area contributed by atoms with Gasteiger partial charge in [-0.05, 0) is 24.7 Å². The highest BCUT2D eigenvalue weighted by Gasteiger charge is 2.22. The zero-order chi connectivity index (χ0) is 20.0. The van der Waals surface area contributed by atoms with Crippen molar-refractivity contribution in [2.24, 2.45) is 0 Å². The number of nitrogens with zero attached hydrogens (tertiary/aromatic N) is 2. The van der Waals surface area contributed by atoms with Crippen LogP contribution in [0.1, 0.15) is 25.3 Å². The Balaban J connectivity index is 2.59. The molecule has 8 nitrogen and oxygen atoms in total. The molecule has 0 atom stereocenters. The van der Waals surface area contributed by atoms with Crippen LogP contribution in [0.5, 0.6) is 5.75 Å². The maximum absolute atomic E-state index is 12.6. The van der Waals surface area contributed by atoms with Crippen LogP contribution in [-0.2, 0) is 13.1 Å². The van der Waals surface area contributed by atoms with Crippen LogP contribution in [0.15, 0.2) is 33.9 Å². The van der Waals surface area contributed by atoms with E-state index in [0.717, 1.165) is 18.4 Å². The highest BCUT2D eigenvalue weighted by Crippen LogP contribution is 2.24. The van der Waals surface area contributed by atoms with Crippen molar-refractivity contribution in [3.63, 3.8) is 0 Å². The van der Waals surface area contributed by atoms with Gasteiger partial charge < -0.3 is 20.7 Å². The van der Waals surface area contributed by atoms with E-state index in [1.807, 2.05) is 31.2 Å². The molecule has 0 radical (unpaired) electrons. The van der Waals surface area contributed by atoms with Crippen LogP contribution in [0, 0.1) is 0 Å². The fraction of sp³-hybridized carbons (Fsp3) is 0.389. The summed E-state index contributed by atoms with van der Waals surface area (Å²) in [4.78, 5) is 28.7. The van der Waals surface area contributed by atoms with Crippen molar-refractivity contribution >= 4 is 28.8 Å². The second-order valence-corrected chi connectivity index (χ2v) is 6.34. The van der Waals surface area contributed by atoms with E-state index in [1.54, 1.807) is 19.1 Å². The minimum atomic E-state index is -0.585. The quantitative estimate of drug-likeness (QED) is 0.613. The van der Waals surface area contributed by atoms with Gasteiger partial charge in [-0.15, -0.1) is 0 Å². The number of nitrogens with one attached hydrogen (secondary N) is 2. The lowest BCUT2D eigenvalue weighted by Crippen LogP contribution is -2.44. The van der Waals surface area contributed by atoms with Crippen molar-refractivity contribution in [2.75, 3.05) is 24.8 Å². The molecule has 1 aromatic carbocycles. The number of hydrogen-bond donors (Lipinski definition) is 3. The molecule has 0 fully saturated rings. The number of methoxy groups -OCH3 is 1. The minimum absolute atomic E-state index is 0.0877. The minimum Gasteiger partial charge on any atom is -0.496 e. The van der Waals surface area contributed by atoms with Crippen molar-refractivity contribution in [3.8, 4) is 5.75 Å². The van der Waals surface area contributed by atoms with Crippen LogP contribution in [0.2, 0.25) is 0 Å². The molecule has 146 valence electrons. The lowest BCUT2D eigenvalue weighted by Gasteiger charge is -2.27. The summed E-state index contributed by atoms with van der Waals surface area (Å²) < 4.78 is 6.76. The van der Waals surface area contributed by atoms with E-state index in [2.05, 4.69) is 10.3 Å². The van der Waals surface area contributed by atoms with Gasteiger partial charge in [0.15, 0.2) is 10.8 Å². The smallest absolute Gasteiger partial charge is 0.330 e. The van der Waals surface area contributed by atoms with Crippen LogP contribution in [0.25, 0.3) is 0 Å². The Hall–Kier alpha value is -2.81. The van der Waals surface area contributed by atoms with E-state index in [-0.39, 0.29) is 18.1 Å². The zero-order valence-electron chi connectivity index (χ0n) is 15.7. The number of nitrogen functional groups attached to an aromatic ring is 1. The maximum Gasteiger partial charge on any atom is 0.330 e. The third-order valence-corrected chi connectivity index (χ3v) is 4.62. The molecule has 2 aromatic rings. The fourth-order valence-electron chi connectivity index (χ4n) is 2.77. The second-order valence-electron chi connectivity index (χ2n) is 5.95. The Labute approximate surface area is 163 Å². The molecule has 0 unspecified atom stereocenters. The first kappa shape index (κ1) is 20.5. The van der Waals surface area contributed by atoms with Crippen molar-refractivity contribution in [1.82, 2.24) is 14.9 Å². The number of unbranched alkanes of at least 4 members (excludes halogenated alkanes) is 1. The van der Waals surface area contributed by atoms with E-state index in [0.29, 0.717) is 17.4 Å². The number of thiocarbonyl (C=S) groups is 1. The van der Waals surface area contributed by atoms with E-state index in [4.69, 9.17) is 22.7 Å². The van der Waals surface area contributed by atoms with Gasteiger partial charge in [0, 0.05) is 19.2 Å². The Bertz CT molecular complexity index is 922. The monoisotopic (exact) mass is 391 g/mol. The Kier molecular flexibility index (Phi) is 7.00. The van der Waals surface area contributed by atoms with Crippen molar-refractivity contribution in [2.45, 2.75) is 32.9 Å². The molecule has 0 bridgehead atoms. The molecule has 0 aliphatic heterocycles. The third kappa shape index (κ3) is 4.48. The predicted octanol–water partition coefficient (Wildman–Crippen LogP) is 1.44. The topological polar surface area (TPSA) is 105 Å². The predicted molar refractivity (Wildman–Crippen MR) is 111 cm³/mol. The van der Waals surface area contributed by atoms with Crippen molar-refractivity contribution in [1.29, 1.82) is 0 Å². The number of ether oxygens (including phenoxy) is 1. The lowest BCUT2D eigenvalue weighted by atomic mass is 10.2. The van der Waals surface area contributed by atoms with Gasteiger partial charge in [0.2, 0.25) is 0 Å². The highest BCUT2D eigenvalue weighted by atomic mass is 32.1. The van der Waals surface area contributed by atoms with Gasteiger partial charge in [-0.1, -0.05) is 31.5 Å². The molecule has 2 rings (SSSR count). The molecule has 0 saturated carbocycles. The van der Waals surface area contributed by atoms with E-state index in [1.165, 1.54) is 4.57 Å². The molecule has 0 amide bonds. The second kappa shape index (κ2) is 9.22. The van der Waals surface area contributed by atoms with Gasteiger partial charge in [-0.25, -0.2) is 4.79 Å². The highest BCUT2D eigenvalue weighted by molar-refractivity contribution is 7.80. The SMILES string of the molecule is CCCCn1c(N)c(N(Cc2ccccc2OC)C(=S)NC)c(=O)[nH]c1=O. The van der Waals surface area contributed by atoms with Crippen LogP contribution in [0.4, 0.5) is 11.5 Å². The number of hydrogen-bond acceptors (Lipinski definition) is 5. The number of aromatic amines is 1. The first-order valence-electron chi connectivity index (χ1n) is 8.68. The summed E-state index contributed by atoms with van der Waals surface area (Å²) in [5.74, 6) is 0.750. The summed E-state index contributed by atoms with van der Waals surface area (Å²) >= 11 is 5.40. The van der Waals surface area contributed by atoms with Gasteiger partial charge >= 0.3 is 5.69 Å². The fourth-order valence-corrected chi connectivity index (χ4v) is 2.92. The van der Waals surface area contributed by atoms with Crippen LogP contribution in [-0.4, -0.2) is 28.8 Å². The molecule has 0 spiro atoms. The van der Waals surface area contributed by atoms with E-state index < -0.39 is 11.2 Å². The number of nitrogens with two attached hydrogens (primary N) is 1. The van der Waals surface area contributed by atoms with Gasteiger partial charge in [-0.3, -0.25) is 14.3 Å². The number of benzene rings is 1. The molecular formula is C18H25N5O3S. The molecule has 9 heteroatoms. The average molecular weight is 391 g/mol. The van der Waals surface area contributed by atoms with Crippen LogP contribution >= 0.6 is 12.2 Å². The number of aromatic nitrogens is 2. The van der Waals surface area contributed by atoms with Crippen LogP contribution < -0.4 is 31.9 Å². The molecule has 0 aliphatic carbocycles. The van der Waals surface area contributed by atoms with Crippen LogP contribution in [0.3, 0.4) is 0 Å². The molecule has 27 heavy (non-hydrogen) atoms. The summed E-state index contributed by atoms with van der Waals surface area (Å²) in [5, 5.41) is 3.18. The molecular weight excluding hydrogens is 366 g/mol. The van der Waals surface area contributed by atoms with Gasteiger partial charge in [0.1, 0.15) is 11.6 Å². The van der Waals surface area contributed by atoms with E-state index in [9.17, 15) is 9.59 Å². The third-order valence-electron chi connectivity index (χ3n) is 4.20. The number of H-pyrrole nitrogens is 1. The van der Waals surface area contributed by atoms with Gasteiger partial charge in [0.25, 0.3) is 5.56 Å². The summed E-state index contributed by atoms with van der Waals surface area (Å²) in [7, 11) is 3.24. The Morgan fingerprint density at radius 1 is 1.37 bits per heavy atom. The molecule has 1 heterocycles. The first-order valence-corrected chi connectivity index (χ1v) is 9.09. The molecule has 0 aliphatic rings. The Morgan fingerprint density at radius 3 is 2.70 bits per heavy atom. The van der Waals surface area contributed by atoms with Gasteiger partial charge in [0.05, 0.1) is 13.7 Å². The molecule has 4 N–H and O–H groups in total. The summed E-state index contributed by atoms with van der Waals surface area (Å²) in [5.41, 5.74) is 6.07. The molecule has 0 saturated heterocycles. The summed E-state index contributed by atoms with van der Waals surface area (Å²) in [6.07, 6.45) is 1.65. The number of anilines is 2. The lowest BCUT2D eigenvalue weighted by molar-refractivity contribution is 0.410. The summed E-state index contributed by atoms with van der Waals surface area (Å²) in [6.45, 7) is 2.68. The average Bonchev–Trinajstić information content (AvgIpc) is 2.66. The largest absolute Gasteiger partial charge is 0.496 e. The van der Waals surface area contributed by atoms with E-state index >= 15 is 0 Å². The Morgan fingerprint density at radius 2 is 2.07 bits per heavy atom. The van der Waals surface area contributed by atoms with Crippen molar-refractivity contribution < 1.29 is 4.74 Å². The summed E-state index contributed by atoms with van der Waals surface area (Å²) in [6, 6.07) is 7.43. The maximum atomic E-state index is 12.6. The van der Waals surface area contributed by atoms with Gasteiger partial charge in [-0.2, -0.15) is 0 Å². The van der Waals surface area contributed by atoms with Crippen molar-refractivity contribution in [3.05, 3.63) is 50.7 Å². The first-order chi connectivity index (χ1) is 12.9. The number of rotatable bonds is 7. The standard InChI is InChI=1S/C18H25N5O3S/c1-4-5-10-22-15(19)14(16(24)21-17(22)25)23(18(27)20-2)11-12-8-6-7-9-13(12)26-3/h6-9H,4-5,10-11,19H2,1-3H3,(H,20,27)(H,21,24,25). The number of para-hydroxylation sites is 1. The normalized spacial score (nSPS) is 10.5. The molecule has 1 aromatic heterocycles. The zero-order valence-corrected chi connectivity index (χ0v) is 16.6.